The molecule has 86 valence electrons. The number of hydrogen-bond acceptors (Lipinski definition) is 3. The lowest BCUT2D eigenvalue weighted by Gasteiger charge is -2.08. The van der Waals surface area contributed by atoms with Crippen LogP contribution in [0.3, 0.4) is 0 Å². The number of aryl methyl sites for hydroxylation is 1. The van der Waals surface area contributed by atoms with Gasteiger partial charge in [0.1, 0.15) is 11.3 Å². The Bertz CT molecular complexity index is 476. The summed E-state index contributed by atoms with van der Waals surface area (Å²) in [6.07, 6.45) is 0. The van der Waals surface area contributed by atoms with Gasteiger partial charge in [0, 0.05) is 18.0 Å². The first-order chi connectivity index (χ1) is 7.69. The Kier molecular flexibility index (Phi) is 3.27. The molecule has 0 aliphatic rings. The molecule has 0 saturated heterocycles. The molecule has 0 fully saturated rings. The van der Waals surface area contributed by atoms with E-state index in [0.717, 1.165) is 23.3 Å². The normalized spacial score (nSPS) is 13.2. The molecule has 3 nitrogen and oxygen atoms in total. The van der Waals surface area contributed by atoms with E-state index in [-0.39, 0.29) is 0 Å². The Balaban J connectivity index is 2.13. The minimum absolute atomic E-state index is 0.315. The maximum atomic E-state index is 5.71. The van der Waals surface area contributed by atoms with Crippen molar-refractivity contribution in [1.82, 2.24) is 5.32 Å². The summed E-state index contributed by atoms with van der Waals surface area (Å²) < 4.78 is 5.71. The van der Waals surface area contributed by atoms with Gasteiger partial charge in [-0.15, -0.1) is 0 Å². The lowest BCUT2D eigenvalue weighted by atomic mass is 10.2. The van der Waals surface area contributed by atoms with Crippen LogP contribution in [0.5, 0.6) is 0 Å². The molecule has 0 amide bonds. The second kappa shape index (κ2) is 4.68. The summed E-state index contributed by atoms with van der Waals surface area (Å²) in [5.74, 6) is 0.959. The van der Waals surface area contributed by atoms with Crippen LogP contribution in [0.2, 0.25) is 0 Å². The number of nitrogens with one attached hydrogen (secondary N) is 1. The van der Waals surface area contributed by atoms with E-state index < -0.39 is 0 Å². The van der Waals surface area contributed by atoms with Crippen molar-refractivity contribution in [3.8, 4) is 0 Å². The zero-order valence-corrected chi connectivity index (χ0v) is 9.79. The van der Waals surface area contributed by atoms with E-state index in [4.69, 9.17) is 10.2 Å². The third-order valence-corrected chi connectivity index (χ3v) is 2.70. The van der Waals surface area contributed by atoms with E-state index in [2.05, 4.69) is 37.4 Å². The van der Waals surface area contributed by atoms with Crippen LogP contribution in [0.1, 0.15) is 18.2 Å². The smallest absolute Gasteiger partial charge is 0.134 e. The molecule has 1 aromatic carbocycles. The summed E-state index contributed by atoms with van der Waals surface area (Å²) in [4.78, 5) is 0. The molecule has 0 saturated carbocycles. The zero-order chi connectivity index (χ0) is 11.5. The fourth-order valence-electron chi connectivity index (χ4n) is 1.66. The van der Waals surface area contributed by atoms with Gasteiger partial charge in [0.25, 0.3) is 0 Å². The van der Waals surface area contributed by atoms with E-state index in [9.17, 15) is 0 Å². The summed E-state index contributed by atoms with van der Waals surface area (Å²) >= 11 is 0. The average molecular weight is 218 g/mol. The van der Waals surface area contributed by atoms with E-state index in [0.29, 0.717) is 12.6 Å². The molecule has 16 heavy (non-hydrogen) atoms. The van der Waals surface area contributed by atoms with Crippen LogP contribution in [-0.4, -0.2) is 12.6 Å². The molecule has 0 aliphatic carbocycles. The minimum atomic E-state index is 0.315. The molecule has 2 rings (SSSR count). The fraction of sp³-hybridized carbons (Fsp3) is 0.385. The van der Waals surface area contributed by atoms with Crippen molar-refractivity contribution in [3.63, 3.8) is 0 Å². The summed E-state index contributed by atoms with van der Waals surface area (Å²) in [6.45, 7) is 5.51. The van der Waals surface area contributed by atoms with E-state index >= 15 is 0 Å². The summed E-state index contributed by atoms with van der Waals surface area (Å²) in [6, 6.07) is 8.61. The van der Waals surface area contributed by atoms with Crippen LogP contribution in [0.25, 0.3) is 11.0 Å². The predicted molar refractivity (Wildman–Crippen MR) is 66.3 cm³/mol. The van der Waals surface area contributed by atoms with Gasteiger partial charge in [-0.25, -0.2) is 0 Å². The third-order valence-electron chi connectivity index (χ3n) is 2.70. The minimum Gasteiger partial charge on any atom is -0.460 e. The number of fused-ring (bicyclic) bond motifs is 1. The third kappa shape index (κ3) is 2.43. The van der Waals surface area contributed by atoms with Crippen LogP contribution < -0.4 is 11.1 Å². The molecule has 1 atom stereocenters. The Morgan fingerprint density at radius 3 is 2.94 bits per heavy atom. The Morgan fingerprint density at radius 1 is 1.38 bits per heavy atom. The SMILES string of the molecule is Cc1ccc2oc(CNC(C)CN)cc2c1. The lowest BCUT2D eigenvalue weighted by Crippen LogP contribution is -2.32. The predicted octanol–water partition coefficient (Wildman–Crippen LogP) is 2.18. The highest BCUT2D eigenvalue weighted by molar-refractivity contribution is 5.78. The molecular weight excluding hydrogens is 200 g/mol. The highest BCUT2D eigenvalue weighted by atomic mass is 16.3. The van der Waals surface area contributed by atoms with Crippen LogP contribution in [0.15, 0.2) is 28.7 Å². The van der Waals surface area contributed by atoms with E-state index in [1.807, 2.05) is 6.07 Å². The molecule has 0 spiro atoms. The number of hydrogen-bond donors (Lipinski definition) is 2. The highest BCUT2D eigenvalue weighted by Crippen LogP contribution is 2.20. The van der Waals surface area contributed by atoms with E-state index in [1.165, 1.54) is 5.56 Å². The van der Waals surface area contributed by atoms with Crippen LogP contribution in [0.4, 0.5) is 0 Å². The maximum absolute atomic E-state index is 5.71. The van der Waals surface area contributed by atoms with Gasteiger partial charge in [0.05, 0.1) is 6.54 Å². The second-order valence-electron chi connectivity index (χ2n) is 4.27. The van der Waals surface area contributed by atoms with Gasteiger partial charge in [-0.2, -0.15) is 0 Å². The molecule has 0 aliphatic heterocycles. The highest BCUT2D eigenvalue weighted by Gasteiger charge is 2.05. The van der Waals surface area contributed by atoms with Gasteiger partial charge >= 0.3 is 0 Å². The summed E-state index contributed by atoms with van der Waals surface area (Å²) in [5, 5.41) is 4.47. The molecule has 3 heteroatoms. The monoisotopic (exact) mass is 218 g/mol. The molecule has 0 radical (unpaired) electrons. The van der Waals surface area contributed by atoms with Crippen LogP contribution in [0, 0.1) is 6.92 Å². The maximum Gasteiger partial charge on any atom is 0.134 e. The zero-order valence-electron chi connectivity index (χ0n) is 9.79. The van der Waals surface area contributed by atoms with Gasteiger partial charge in [-0.3, -0.25) is 0 Å². The second-order valence-corrected chi connectivity index (χ2v) is 4.27. The van der Waals surface area contributed by atoms with Gasteiger partial charge < -0.3 is 15.5 Å². The number of benzene rings is 1. The van der Waals surface area contributed by atoms with Crippen molar-refractivity contribution in [1.29, 1.82) is 0 Å². The first-order valence-corrected chi connectivity index (χ1v) is 5.61. The topological polar surface area (TPSA) is 51.2 Å². The molecule has 1 unspecified atom stereocenters. The van der Waals surface area contributed by atoms with Gasteiger partial charge in [0.2, 0.25) is 0 Å². The summed E-state index contributed by atoms with van der Waals surface area (Å²) in [5.41, 5.74) is 7.74. The van der Waals surface area contributed by atoms with Gasteiger partial charge in [-0.1, -0.05) is 11.6 Å². The summed E-state index contributed by atoms with van der Waals surface area (Å²) in [7, 11) is 0. The molecule has 0 bridgehead atoms. The van der Waals surface area contributed by atoms with Gasteiger partial charge in [-0.05, 0) is 32.0 Å². The van der Waals surface area contributed by atoms with Crippen molar-refractivity contribution >= 4 is 11.0 Å². The van der Waals surface area contributed by atoms with Crippen molar-refractivity contribution in [2.45, 2.75) is 26.4 Å². The van der Waals surface area contributed by atoms with Crippen molar-refractivity contribution in [2.75, 3.05) is 6.54 Å². The van der Waals surface area contributed by atoms with Crippen LogP contribution in [-0.2, 0) is 6.54 Å². The average Bonchev–Trinajstić information content (AvgIpc) is 2.67. The van der Waals surface area contributed by atoms with Crippen LogP contribution >= 0.6 is 0 Å². The van der Waals surface area contributed by atoms with Crippen molar-refractivity contribution in [2.24, 2.45) is 5.73 Å². The quantitative estimate of drug-likeness (QED) is 0.827. The largest absolute Gasteiger partial charge is 0.460 e. The number of nitrogens with two attached hydrogens (primary N) is 1. The molecule has 1 aromatic heterocycles. The molecule has 2 aromatic rings. The standard InChI is InChI=1S/C13H18N2O/c1-9-3-4-13-11(5-9)6-12(16-13)8-15-10(2)7-14/h3-6,10,15H,7-8,14H2,1-2H3. The Hall–Kier alpha value is -1.32. The van der Waals surface area contributed by atoms with Crippen molar-refractivity contribution in [3.05, 3.63) is 35.6 Å². The molecule has 1 heterocycles. The Morgan fingerprint density at radius 2 is 2.19 bits per heavy atom. The first-order valence-electron chi connectivity index (χ1n) is 5.61. The van der Waals surface area contributed by atoms with Crippen molar-refractivity contribution < 1.29 is 4.42 Å². The Labute approximate surface area is 95.6 Å². The molecular formula is C13H18N2O. The first kappa shape index (κ1) is 11.2. The number of furan rings is 1. The number of rotatable bonds is 4. The fourth-order valence-corrected chi connectivity index (χ4v) is 1.66. The van der Waals surface area contributed by atoms with Gasteiger partial charge in [0.15, 0.2) is 0 Å². The van der Waals surface area contributed by atoms with E-state index in [1.54, 1.807) is 0 Å². The lowest BCUT2D eigenvalue weighted by molar-refractivity contribution is 0.478. The molecule has 3 N–H and O–H groups in total.